The van der Waals surface area contributed by atoms with Gasteiger partial charge in [-0.3, -0.25) is 0 Å². The Kier molecular flexibility index (Phi) is 5.38. The minimum atomic E-state index is -0.340. The van der Waals surface area contributed by atoms with Gasteiger partial charge in [-0.15, -0.1) is 0 Å². The minimum Gasteiger partial charge on any atom is -0.472 e. The number of fused-ring (bicyclic) bond motifs is 1. The number of rotatable bonds is 6. The van der Waals surface area contributed by atoms with Gasteiger partial charge < -0.3 is 9.15 Å². The highest BCUT2D eigenvalue weighted by atomic mass is 19.1. The average molecular weight is 388 g/mol. The van der Waals surface area contributed by atoms with E-state index in [1.807, 2.05) is 43.3 Å². The third-order valence-electron chi connectivity index (χ3n) is 4.68. The predicted molar refractivity (Wildman–Crippen MR) is 112 cm³/mol. The Morgan fingerprint density at radius 1 is 1.03 bits per heavy atom. The number of benzene rings is 2. The lowest BCUT2D eigenvalue weighted by Gasteiger charge is -2.12. The maximum absolute atomic E-state index is 13.4. The van der Waals surface area contributed by atoms with Crippen LogP contribution in [0.3, 0.4) is 0 Å². The first-order chi connectivity index (χ1) is 14.1. The van der Waals surface area contributed by atoms with Crippen molar-refractivity contribution in [2.45, 2.75) is 26.9 Å². The largest absolute Gasteiger partial charge is 0.472 e. The van der Waals surface area contributed by atoms with E-state index in [-0.39, 0.29) is 5.82 Å². The van der Waals surface area contributed by atoms with Crippen LogP contribution < -0.4 is 4.74 Å². The van der Waals surface area contributed by atoms with Crippen LogP contribution in [0.2, 0.25) is 0 Å². The molecule has 0 aliphatic rings. The molecule has 29 heavy (non-hydrogen) atoms. The first-order valence-corrected chi connectivity index (χ1v) is 9.54. The molecule has 5 heteroatoms. The van der Waals surface area contributed by atoms with Crippen LogP contribution in [-0.4, -0.2) is 9.97 Å². The molecule has 0 aliphatic heterocycles. The molecule has 0 unspecified atom stereocenters. The second kappa shape index (κ2) is 8.27. The highest BCUT2D eigenvalue weighted by Crippen LogP contribution is 2.25. The monoisotopic (exact) mass is 388 g/mol. The molecule has 4 aromatic rings. The highest BCUT2D eigenvalue weighted by molar-refractivity contribution is 5.76. The molecule has 0 radical (unpaired) electrons. The van der Waals surface area contributed by atoms with E-state index in [4.69, 9.17) is 9.15 Å². The number of ether oxygens (including phenoxy) is 1. The quantitative estimate of drug-likeness (QED) is 0.407. The van der Waals surface area contributed by atoms with Crippen molar-refractivity contribution in [3.8, 4) is 5.88 Å². The molecule has 4 rings (SSSR count). The number of nitrogens with zero attached hydrogens (tertiary/aromatic N) is 2. The van der Waals surface area contributed by atoms with Gasteiger partial charge in [-0.2, -0.15) is 0 Å². The molecule has 0 spiro atoms. The summed E-state index contributed by atoms with van der Waals surface area (Å²) in [5, 5.41) is 0. The lowest BCUT2D eigenvalue weighted by atomic mass is 10.1. The van der Waals surface area contributed by atoms with E-state index in [1.165, 1.54) is 12.1 Å². The molecule has 0 bridgehead atoms. The van der Waals surface area contributed by atoms with Gasteiger partial charge in [0.15, 0.2) is 5.58 Å². The molecule has 2 heterocycles. The fourth-order valence-corrected chi connectivity index (χ4v) is 3.11. The van der Waals surface area contributed by atoms with Crippen molar-refractivity contribution in [1.82, 2.24) is 9.97 Å². The van der Waals surface area contributed by atoms with Gasteiger partial charge in [0.05, 0.1) is 0 Å². The molecule has 0 aliphatic carbocycles. The SMILES string of the molecule is CCc1cc(/C=C/c2nc3cc(F)ccc3o2)c(OCc2ccccc2)nc1C. The van der Waals surface area contributed by atoms with E-state index in [1.54, 1.807) is 12.1 Å². The van der Waals surface area contributed by atoms with Crippen molar-refractivity contribution in [3.63, 3.8) is 0 Å². The Morgan fingerprint density at radius 3 is 2.66 bits per heavy atom. The summed E-state index contributed by atoms with van der Waals surface area (Å²) in [6, 6.07) is 16.3. The predicted octanol–water partition coefficient (Wildman–Crippen LogP) is 5.98. The van der Waals surface area contributed by atoms with Crippen LogP contribution in [0.15, 0.2) is 59.0 Å². The third kappa shape index (κ3) is 4.35. The number of halogens is 1. The summed E-state index contributed by atoms with van der Waals surface area (Å²) in [5.41, 5.74) is 5.05. The fraction of sp³-hybridized carbons (Fsp3) is 0.167. The maximum Gasteiger partial charge on any atom is 0.221 e. The third-order valence-corrected chi connectivity index (χ3v) is 4.68. The number of oxazole rings is 1. The van der Waals surface area contributed by atoms with Crippen molar-refractivity contribution in [3.05, 3.63) is 88.7 Å². The van der Waals surface area contributed by atoms with Crippen LogP contribution in [0.5, 0.6) is 5.88 Å². The Hall–Kier alpha value is -3.47. The molecule has 0 saturated carbocycles. The van der Waals surface area contributed by atoms with E-state index in [0.29, 0.717) is 29.5 Å². The maximum atomic E-state index is 13.4. The number of aryl methyl sites for hydroxylation is 2. The molecule has 0 atom stereocenters. The van der Waals surface area contributed by atoms with Gasteiger partial charge in [0.25, 0.3) is 0 Å². The second-order valence-electron chi connectivity index (χ2n) is 6.75. The minimum absolute atomic E-state index is 0.340. The van der Waals surface area contributed by atoms with Crippen molar-refractivity contribution < 1.29 is 13.5 Å². The van der Waals surface area contributed by atoms with Gasteiger partial charge in [0.1, 0.15) is 17.9 Å². The van der Waals surface area contributed by atoms with Crippen LogP contribution in [0.1, 0.15) is 35.2 Å². The van der Waals surface area contributed by atoms with E-state index in [2.05, 4.69) is 23.0 Å². The summed E-state index contributed by atoms with van der Waals surface area (Å²) in [5.74, 6) is 0.619. The lowest BCUT2D eigenvalue weighted by Crippen LogP contribution is -2.02. The van der Waals surface area contributed by atoms with Crippen LogP contribution in [0.25, 0.3) is 23.3 Å². The van der Waals surface area contributed by atoms with Gasteiger partial charge in [-0.05, 0) is 48.7 Å². The van der Waals surface area contributed by atoms with E-state index >= 15 is 0 Å². The van der Waals surface area contributed by atoms with Crippen molar-refractivity contribution in [1.29, 1.82) is 0 Å². The van der Waals surface area contributed by atoms with Gasteiger partial charge in [-0.1, -0.05) is 37.3 Å². The van der Waals surface area contributed by atoms with Gasteiger partial charge in [0.2, 0.25) is 11.8 Å². The van der Waals surface area contributed by atoms with Gasteiger partial charge in [-0.25, -0.2) is 14.4 Å². The number of pyridine rings is 1. The second-order valence-corrected chi connectivity index (χ2v) is 6.75. The molecule has 4 nitrogen and oxygen atoms in total. The Bertz CT molecular complexity index is 1170. The first kappa shape index (κ1) is 18.9. The van der Waals surface area contributed by atoms with Crippen LogP contribution in [-0.2, 0) is 13.0 Å². The van der Waals surface area contributed by atoms with E-state index in [0.717, 1.165) is 28.8 Å². The number of hydrogen-bond acceptors (Lipinski definition) is 4. The highest BCUT2D eigenvalue weighted by Gasteiger charge is 2.10. The van der Waals surface area contributed by atoms with Crippen LogP contribution >= 0.6 is 0 Å². The zero-order valence-electron chi connectivity index (χ0n) is 16.4. The molecule has 0 amide bonds. The first-order valence-electron chi connectivity index (χ1n) is 9.54. The summed E-state index contributed by atoms with van der Waals surface area (Å²) >= 11 is 0. The van der Waals surface area contributed by atoms with Crippen molar-refractivity contribution in [2.75, 3.05) is 0 Å². The molecule has 146 valence electrons. The smallest absolute Gasteiger partial charge is 0.221 e. The van der Waals surface area contributed by atoms with Gasteiger partial charge >= 0.3 is 0 Å². The summed E-state index contributed by atoms with van der Waals surface area (Å²) in [6.07, 6.45) is 4.49. The standard InChI is InChI=1S/C24H21FN2O2/c1-3-18-13-19(9-12-23-27-21-14-20(25)10-11-22(21)29-23)24(26-16(18)2)28-15-17-7-5-4-6-8-17/h4-14H,3,15H2,1-2H3/b12-9+. The Morgan fingerprint density at radius 2 is 1.86 bits per heavy atom. The number of aromatic nitrogens is 2. The van der Waals surface area contributed by atoms with Crippen molar-refractivity contribution in [2.24, 2.45) is 0 Å². The molecular weight excluding hydrogens is 367 g/mol. The van der Waals surface area contributed by atoms with Crippen LogP contribution in [0, 0.1) is 12.7 Å². The molecule has 0 saturated heterocycles. The Balaban J connectivity index is 1.63. The summed E-state index contributed by atoms with van der Waals surface area (Å²) in [7, 11) is 0. The summed E-state index contributed by atoms with van der Waals surface area (Å²) < 4.78 is 25.0. The topological polar surface area (TPSA) is 48.2 Å². The average Bonchev–Trinajstić information content (AvgIpc) is 3.14. The number of hydrogen-bond donors (Lipinski definition) is 0. The molecule has 0 N–H and O–H groups in total. The summed E-state index contributed by atoms with van der Waals surface area (Å²) in [6.45, 7) is 4.51. The molecule has 2 aromatic carbocycles. The molecule has 2 aromatic heterocycles. The van der Waals surface area contributed by atoms with Crippen LogP contribution in [0.4, 0.5) is 4.39 Å². The van der Waals surface area contributed by atoms with E-state index < -0.39 is 0 Å². The Labute approximate surface area is 168 Å². The van der Waals surface area contributed by atoms with Gasteiger partial charge in [0, 0.05) is 23.4 Å². The zero-order valence-corrected chi connectivity index (χ0v) is 16.4. The van der Waals surface area contributed by atoms with E-state index in [9.17, 15) is 4.39 Å². The normalized spacial score (nSPS) is 11.4. The molecular formula is C24H21FN2O2. The summed E-state index contributed by atoms with van der Waals surface area (Å²) in [4.78, 5) is 8.97. The zero-order chi connectivity index (χ0) is 20.2. The molecule has 0 fully saturated rings. The lowest BCUT2D eigenvalue weighted by molar-refractivity contribution is 0.292. The van der Waals surface area contributed by atoms with Crippen molar-refractivity contribution >= 4 is 23.3 Å². The fourth-order valence-electron chi connectivity index (χ4n) is 3.11.